The van der Waals surface area contributed by atoms with Gasteiger partial charge >= 0.3 is 0 Å². The van der Waals surface area contributed by atoms with E-state index in [1.165, 1.54) is 10.6 Å². The van der Waals surface area contributed by atoms with Crippen LogP contribution in [0.25, 0.3) is 0 Å². The number of aromatic nitrogens is 2. The van der Waals surface area contributed by atoms with Crippen LogP contribution < -0.4 is 10.2 Å². The molecule has 0 unspecified atom stereocenters. The van der Waals surface area contributed by atoms with E-state index in [0.29, 0.717) is 25.9 Å². The lowest BCUT2D eigenvalue weighted by atomic mass is 9.98. The third-order valence-corrected chi connectivity index (χ3v) is 7.68. The van der Waals surface area contributed by atoms with Crippen LogP contribution in [0.4, 0.5) is 11.4 Å². The Morgan fingerprint density at radius 3 is 2.61 bits per heavy atom. The van der Waals surface area contributed by atoms with Crippen molar-refractivity contribution < 1.29 is 13.2 Å². The molecule has 0 radical (unpaired) electrons. The van der Waals surface area contributed by atoms with Crippen LogP contribution >= 0.6 is 0 Å². The van der Waals surface area contributed by atoms with Gasteiger partial charge in [-0.05, 0) is 64.3 Å². The van der Waals surface area contributed by atoms with E-state index in [4.69, 9.17) is 0 Å². The van der Waals surface area contributed by atoms with E-state index in [2.05, 4.69) is 35.1 Å². The van der Waals surface area contributed by atoms with Gasteiger partial charge in [-0.25, -0.2) is 13.4 Å². The predicted molar refractivity (Wildman–Crippen MR) is 123 cm³/mol. The molecule has 2 heterocycles. The SMILES string of the molecule is CCN(CC)c1ccc(NC(=O)[C@H]2CCCN(S(=O)(=O)c3cn(CC)cn3)C2)c(C)c1. The van der Waals surface area contributed by atoms with Gasteiger partial charge in [0.1, 0.15) is 0 Å². The smallest absolute Gasteiger partial charge is 0.262 e. The van der Waals surface area contributed by atoms with Crippen LogP contribution in [0.3, 0.4) is 0 Å². The van der Waals surface area contributed by atoms with Gasteiger partial charge in [0.2, 0.25) is 5.91 Å². The van der Waals surface area contributed by atoms with Crippen molar-refractivity contribution in [2.45, 2.75) is 52.1 Å². The Balaban J connectivity index is 1.70. The second kappa shape index (κ2) is 9.82. The molecule has 0 spiro atoms. The highest BCUT2D eigenvalue weighted by atomic mass is 32.2. The average molecular weight is 448 g/mol. The number of piperidine rings is 1. The Morgan fingerprint density at radius 1 is 1.26 bits per heavy atom. The predicted octanol–water partition coefficient (Wildman–Crippen LogP) is 3.10. The Labute approximate surface area is 185 Å². The molecule has 1 amide bonds. The maximum absolute atomic E-state index is 13.0. The van der Waals surface area contributed by atoms with Crippen LogP contribution in [-0.4, -0.2) is 54.4 Å². The summed E-state index contributed by atoms with van der Waals surface area (Å²) < 4.78 is 29.1. The molecule has 1 aromatic carbocycles. The van der Waals surface area contributed by atoms with Gasteiger partial charge in [-0.2, -0.15) is 4.31 Å². The Bertz CT molecular complexity index is 1010. The summed E-state index contributed by atoms with van der Waals surface area (Å²) in [7, 11) is -3.70. The number of hydrogen-bond donors (Lipinski definition) is 1. The van der Waals surface area contributed by atoms with E-state index in [-0.39, 0.29) is 17.5 Å². The molecule has 0 saturated carbocycles. The van der Waals surface area contributed by atoms with Gasteiger partial charge in [0.25, 0.3) is 10.0 Å². The molecule has 1 saturated heterocycles. The van der Waals surface area contributed by atoms with Crippen LogP contribution in [0.1, 0.15) is 39.2 Å². The molecule has 8 nitrogen and oxygen atoms in total. The highest BCUT2D eigenvalue weighted by Gasteiger charge is 2.34. The van der Waals surface area contributed by atoms with Crippen LogP contribution in [0.2, 0.25) is 0 Å². The summed E-state index contributed by atoms with van der Waals surface area (Å²) >= 11 is 0. The monoisotopic (exact) mass is 447 g/mol. The molecule has 2 aromatic rings. The zero-order valence-corrected chi connectivity index (χ0v) is 19.7. The van der Waals surface area contributed by atoms with Crippen LogP contribution in [-0.2, 0) is 21.4 Å². The van der Waals surface area contributed by atoms with Gasteiger partial charge in [-0.15, -0.1) is 0 Å². The molecule has 1 aromatic heterocycles. The largest absolute Gasteiger partial charge is 0.372 e. The highest BCUT2D eigenvalue weighted by Crippen LogP contribution is 2.26. The van der Waals surface area contributed by atoms with Crippen LogP contribution in [0.5, 0.6) is 0 Å². The lowest BCUT2D eigenvalue weighted by molar-refractivity contribution is -0.120. The zero-order valence-electron chi connectivity index (χ0n) is 18.8. The molecule has 31 heavy (non-hydrogen) atoms. The second-order valence-corrected chi connectivity index (χ2v) is 9.79. The van der Waals surface area contributed by atoms with E-state index >= 15 is 0 Å². The number of imidazole rings is 1. The Hall–Kier alpha value is -2.39. The van der Waals surface area contributed by atoms with Crippen LogP contribution in [0.15, 0.2) is 35.7 Å². The van der Waals surface area contributed by atoms with E-state index in [0.717, 1.165) is 30.0 Å². The third kappa shape index (κ3) is 5.10. The number of hydrogen-bond acceptors (Lipinski definition) is 5. The number of carbonyl (C=O) groups is 1. The maximum atomic E-state index is 13.0. The molecular formula is C22H33N5O3S. The van der Waals surface area contributed by atoms with E-state index < -0.39 is 15.9 Å². The van der Waals surface area contributed by atoms with Crippen molar-refractivity contribution in [3.63, 3.8) is 0 Å². The van der Waals surface area contributed by atoms with Crippen LogP contribution in [0, 0.1) is 12.8 Å². The van der Waals surface area contributed by atoms with Crippen molar-refractivity contribution in [2.24, 2.45) is 5.92 Å². The lowest BCUT2D eigenvalue weighted by Gasteiger charge is -2.30. The van der Waals surface area contributed by atoms with Crippen molar-refractivity contribution in [3.8, 4) is 0 Å². The van der Waals surface area contributed by atoms with E-state index in [9.17, 15) is 13.2 Å². The highest BCUT2D eigenvalue weighted by molar-refractivity contribution is 7.89. The number of nitrogens with zero attached hydrogens (tertiary/aromatic N) is 4. The second-order valence-electron chi connectivity index (χ2n) is 7.91. The molecule has 0 aliphatic carbocycles. The number of sulfonamides is 1. The molecule has 1 N–H and O–H groups in total. The van der Waals surface area contributed by atoms with Crippen molar-refractivity contribution in [2.75, 3.05) is 36.4 Å². The summed E-state index contributed by atoms with van der Waals surface area (Å²) in [5.74, 6) is -0.531. The van der Waals surface area contributed by atoms with Crippen molar-refractivity contribution in [3.05, 3.63) is 36.3 Å². The summed E-state index contributed by atoms with van der Waals surface area (Å²) in [6, 6.07) is 6.01. The molecule has 1 fully saturated rings. The quantitative estimate of drug-likeness (QED) is 0.672. The topological polar surface area (TPSA) is 87.5 Å². The number of benzene rings is 1. The van der Waals surface area contributed by atoms with Gasteiger partial charge in [0.15, 0.2) is 5.03 Å². The first-order valence-electron chi connectivity index (χ1n) is 11.0. The van der Waals surface area contributed by atoms with Crippen molar-refractivity contribution in [1.29, 1.82) is 0 Å². The minimum absolute atomic E-state index is 0.0400. The normalized spacial score (nSPS) is 17.5. The fourth-order valence-corrected chi connectivity index (χ4v) is 5.42. The van der Waals surface area contributed by atoms with Crippen molar-refractivity contribution in [1.82, 2.24) is 13.9 Å². The summed E-state index contributed by atoms with van der Waals surface area (Å²) in [4.78, 5) is 19.2. The number of aryl methyl sites for hydroxylation is 2. The number of carbonyl (C=O) groups excluding carboxylic acids is 1. The number of nitrogens with one attached hydrogen (secondary N) is 1. The molecule has 1 aliphatic rings. The molecule has 1 aliphatic heterocycles. The van der Waals surface area contributed by atoms with E-state index in [1.54, 1.807) is 10.8 Å². The minimum atomic E-state index is -3.70. The minimum Gasteiger partial charge on any atom is -0.372 e. The summed E-state index contributed by atoms with van der Waals surface area (Å²) in [6.07, 6.45) is 4.37. The van der Waals surface area contributed by atoms with Gasteiger partial charge < -0.3 is 14.8 Å². The van der Waals surface area contributed by atoms with Crippen molar-refractivity contribution >= 4 is 27.3 Å². The molecule has 9 heteroatoms. The summed E-state index contributed by atoms with van der Waals surface area (Å²) in [5.41, 5.74) is 2.88. The molecular weight excluding hydrogens is 414 g/mol. The first kappa shape index (κ1) is 23.3. The first-order valence-corrected chi connectivity index (χ1v) is 12.4. The van der Waals surface area contributed by atoms with E-state index in [1.807, 2.05) is 26.0 Å². The number of amides is 1. The average Bonchev–Trinajstić information content (AvgIpc) is 3.27. The van der Waals surface area contributed by atoms with Gasteiger partial charge in [-0.1, -0.05) is 0 Å². The molecule has 0 bridgehead atoms. The maximum Gasteiger partial charge on any atom is 0.262 e. The zero-order chi connectivity index (χ0) is 22.6. The first-order chi connectivity index (χ1) is 14.8. The van der Waals surface area contributed by atoms with Gasteiger partial charge in [0, 0.05) is 50.3 Å². The fourth-order valence-electron chi connectivity index (χ4n) is 3.96. The van der Waals surface area contributed by atoms with Gasteiger partial charge in [0.05, 0.1) is 12.2 Å². The molecule has 1 atom stereocenters. The fraction of sp³-hybridized carbons (Fsp3) is 0.545. The number of anilines is 2. The summed E-state index contributed by atoms with van der Waals surface area (Å²) in [6.45, 7) is 11.2. The number of rotatable bonds is 8. The Kier molecular flexibility index (Phi) is 7.38. The molecule has 3 rings (SSSR count). The van der Waals surface area contributed by atoms with Gasteiger partial charge in [-0.3, -0.25) is 4.79 Å². The Morgan fingerprint density at radius 2 is 2.00 bits per heavy atom. The lowest BCUT2D eigenvalue weighted by Crippen LogP contribution is -2.43. The standard InChI is InChI=1S/C22H33N5O3S/c1-5-25-15-21(23-16-25)31(29,30)27-12-8-9-18(14-27)22(28)24-20-11-10-19(13-17(20)4)26(6-2)7-3/h10-11,13,15-16,18H,5-9,12,14H2,1-4H3,(H,24,28)/t18-/m0/s1. The molecule has 170 valence electrons. The third-order valence-electron chi connectivity index (χ3n) is 5.93. The summed E-state index contributed by atoms with van der Waals surface area (Å²) in [5, 5.41) is 3.05.